The van der Waals surface area contributed by atoms with E-state index in [4.69, 9.17) is 19.6 Å². The Morgan fingerprint density at radius 1 is 1.45 bits per heavy atom. The summed E-state index contributed by atoms with van der Waals surface area (Å²) in [6.45, 7) is 3.73. The topological polar surface area (TPSA) is 65.0 Å². The summed E-state index contributed by atoms with van der Waals surface area (Å²) in [6, 6.07) is 0. The third-order valence-corrected chi connectivity index (χ3v) is 4.00. The summed E-state index contributed by atoms with van der Waals surface area (Å²) in [5.74, 6) is -2.20. The molecule has 1 aliphatic rings. The number of aliphatic carboxylic acids is 1. The summed E-state index contributed by atoms with van der Waals surface area (Å²) in [6.07, 6.45) is 12.8. The quantitative estimate of drug-likeness (QED) is 0.398. The Hall–Kier alpha value is -1.17. The van der Waals surface area contributed by atoms with Crippen LogP contribution in [0.3, 0.4) is 0 Å². The van der Waals surface area contributed by atoms with E-state index in [-0.39, 0.29) is 0 Å². The van der Waals surface area contributed by atoms with Crippen molar-refractivity contribution in [1.29, 1.82) is 0 Å². The molecule has 5 nitrogen and oxygen atoms in total. The molecule has 3 atom stereocenters. The monoisotopic (exact) mass is 312 g/mol. The zero-order chi connectivity index (χ0) is 16.4. The Morgan fingerprint density at radius 3 is 2.73 bits per heavy atom. The first-order valence-corrected chi connectivity index (χ1v) is 7.98. The summed E-state index contributed by atoms with van der Waals surface area (Å²) in [5, 5.41) is 9.00. The van der Waals surface area contributed by atoms with Crippen LogP contribution >= 0.6 is 0 Å². The lowest BCUT2D eigenvalue weighted by Crippen LogP contribution is -2.44. The van der Waals surface area contributed by atoms with Crippen LogP contribution in [0.15, 0.2) is 24.3 Å². The first kappa shape index (κ1) is 18.9. The van der Waals surface area contributed by atoms with Gasteiger partial charge in [0.05, 0.1) is 5.92 Å². The number of carboxylic acid groups (broad SMARTS) is 1. The van der Waals surface area contributed by atoms with Crippen molar-refractivity contribution in [2.45, 2.75) is 64.3 Å². The van der Waals surface area contributed by atoms with Gasteiger partial charge in [-0.25, -0.2) is 9.78 Å². The van der Waals surface area contributed by atoms with E-state index >= 15 is 0 Å². The van der Waals surface area contributed by atoms with Crippen LogP contribution in [0.4, 0.5) is 0 Å². The molecule has 126 valence electrons. The molecule has 0 amide bonds. The fourth-order valence-corrected chi connectivity index (χ4v) is 2.38. The molecule has 0 aliphatic carbocycles. The minimum absolute atomic E-state index is 0.417. The van der Waals surface area contributed by atoms with Crippen molar-refractivity contribution in [3.05, 3.63) is 24.3 Å². The second-order valence-corrected chi connectivity index (χ2v) is 5.66. The van der Waals surface area contributed by atoms with Crippen LogP contribution in [0, 0.1) is 5.92 Å². The first-order valence-electron chi connectivity index (χ1n) is 7.98. The Bertz CT molecular complexity index is 381. The van der Waals surface area contributed by atoms with Crippen LogP contribution in [0.25, 0.3) is 0 Å². The molecule has 1 fully saturated rings. The molecule has 1 rings (SSSR count). The van der Waals surface area contributed by atoms with Gasteiger partial charge in [0.25, 0.3) is 0 Å². The van der Waals surface area contributed by atoms with Gasteiger partial charge in [0.15, 0.2) is 0 Å². The number of hydrogen-bond donors (Lipinski definition) is 1. The van der Waals surface area contributed by atoms with Gasteiger partial charge in [-0.1, -0.05) is 31.2 Å². The second kappa shape index (κ2) is 9.77. The number of carbonyl (C=O) groups is 1. The van der Waals surface area contributed by atoms with Crippen molar-refractivity contribution >= 4 is 5.97 Å². The van der Waals surface area contributed by atoms with Crippen molar-refractivity contribution in [3.8, 4) is 0 Å². The fourth-order valence-electron chi connectivity index (χ4n) is 2.38. The highest BCUT2D eigenvalue weighted by Gasteiger charge is 2.40. The van der Waals surface area contributed by atoms with Crippen LogP contribution in [0.1, 0.15) is 52.4 Å². The molecule has 1 N–H and O–H groups in total. The second-order valence-electron chi connectivity index (χ2n) is 5.66. The van der Waals surface area contributed by atoms with Gasteiger partial charge in [-0.05, 0) is 32.6 Å². The molecule has 1 aliphatic heterocycles. The molecule has 1 heterocycles. The molecule has 0 unspecified atom stereocenters. The number of unbranched alkanes of at least 4 members (excludes halogenated alkanes) is 1. The Morgan fingerprint density at radius 2 is 2.18 bits per heavy atom. The predicted octanol–water partition coefficient (Wildman–Crippen LogP) is 3.85. The molecule has 0 radical (unpaired) electrons. The number of methoxy groups -OCH3 is 1. The average Bonchev–Trinajstić information content (AvgIpc) is 2.54. The molecular formula is C17H28O5. The lowest BCUT2D eigenvalue weighted by molar-refractivity contribution is -0.469. The Labute approximate surface area is 132 Å². The molecule has 0 aromatic heterocycles. The summed E-state index contributed by atoms with van der Waals surface area (Å²) in [4.78, 5) is 21.7. The van der Waals surface area contributed by atoms with E-state index in [9.17, 15) is 4.79 Å². The molecular weight excluding hydrogens is 284 g/mol. The Balaban J connectivity index is 2.36. The van der Waals surface area contributed by atoms with E-state index < -0.39 is 23.8 Å². The van der Waals surface area contributed by atoms with Gasteiger partial charge in [0, 0.05) is 20.0 Å². The third-order valence-electron chi connectivity index (χ3n) is 4.00. The number of hydrogen-bond acceptors (Lipinski definition) is 4. The summed E-state index contributed by atoms with van der Waals surface area (Å²) < 4.78 is 5.48. The molecule has 0 aromatic carbocycles. The molecule has 0 spiro atoms. The van der Waals surface area contributed by atoms with Gasteiger partial charge in [0.2, 0.25) is 5.79 Å². The van der Waals surface area contributed by atoms with Crippen molar-refractivity contribution in [2.24, 2.45) is 5.92 Å². The maximum atomic E-state index is 11.0. The first-order chi connectivity index (χ1) is 10.5. The van der Waals surface area contributed by atoms with E-state index in [0.717, 1.165) is 25.7 Å². The van der Waals surface area contributed by atoms with E-state index in [2.05, 4.69) is 19.1 Å². The van der Waals surface area contributed by atoms with E-state index in [1.54, 1.807) is 14.0 Å². The van der Waals surface area contributed by atoms with Crippen molar-refractivity contribution < 1.29 is 24.4 Å². The van der Waals surface area contributed by atoms with Gasteiger partial charge in [-0.15, -0.1) is 0 Å². The largest absolute Gasteiger partial charge is 0.481 e. The summed E-state index contributed by atoms with van der Waals surface area (Å²) in [5.41, 5.74) is 0. The minimum atomic E-state index is -0.871. The third kappa shape index (κ3) is 5.91. The summed E-state index contributed by atoms with van der Waals surface area (Å²) in [7, 11) is 1.60. The molecule has 0 aromatic rings. The van der Waals surface area contributed by atoms with Crippen LogP contribution in [-0.4, -0.2) is 30.1 Å². The van der Waals surface area contributed by atoms with E-state index in [1.165, 1.54) is 0 Å². The van der Waals surface area contributed by atoms with Gasteiger partial charge in [-0.3, -0.25) is 4.79 Å². The lowest BCUT2D eigenvalue weighted by atomic mass is 9.94. The van der Waals surface area contributed by atoms with Gasteiger partial charge >= 0.3 is 5.97 Å². The van der Waals surface area contributed by atoms with Crippen molar-refractivity contribution in [1.82, 2.24) is 0 Å². The van der Waals surface area contributed by atoms with E-state index in [1.807, 2.05) is 12.2 Å². The van der Waals surface area contributed by atoms with Gasteiger partial charge < -0.3 is 9.84 Å². The fraction of sp³-hybridized carbons (Fsp3) is 0.706. The van der Waals surface area contributed by atoms with Crippen LogP contribution < -0.4 is 0 Å². The molecule has 5 heteroatoms. The minimum Gasteiger partial charge on any atom is -0.481 e. The van der Waals surface area contributed by atoms with Crippen LogP contribution in [-0.2, 0) is 19.3 Å². The average molecular weight is 312 g/mol. The maximum Gasteiger partial charge on any atom is 0.308 e. The van der Waals surface area contributed by atoms with E-state index in [0.29, 0.717) is 12.8 Å². The number of allylic oxidation sites excluding steroid dienone is 4. The number of carboxylic acids is 1. The maximum absolute atomic E-state index is 11.0. The van der Waals surface area contributed by atoms with Crippen molar-refractivity contribution in [2.75, 3.05) is 7.11 Å². The molecule has 1 saturated heterocycles. The molecule has 0 bridgehead atoms. The Kier molecular flexibility index (Phi) is 8.38. The smallest absolute Gasteiger partial charge is 0.308 e. The molecule has 22 heavy (non-hydrogen) atoms. The predicted molar refractivity (Wildman–Crippen MR) is 84.2 cm³/mol. The van der Waals surface area contributed by atoms with Crippen molar-refractivity contribution in [3.63, 3.8) is 0 Å². The van der Waals surface area contributed by atoms with Gasteiger partial charge in [0.1, 0.15) is 6.10 Å². The highest BCUT2D eigenvalue weighted by Crippen LogP contribution is 2.34. The highest BCUT2D eigenvalue weighted by molar-refractivity contribution is 5.70. The zero-order valence-electron chi connectivity index (χ0n) is 13.8. The molecule has 0 saturated carbocycles. The highest BCUT2D eigenvalue weighted by atomic mass is 17.2. The summed E-state index contributed by atoms with van der Waals surface area (Å²) >= 11 is 0. The van der Waals surface area contributed by atoms with Crippen LogP contribution in [0.5, 0.6) is 0 Å². The SMILES string of the molecule is CC/C=C/C=C/CCC[C@]1(OC)CC[C@@H]([C@@H](C)C(=O)O)OO1. The van der Waals surface area contributed by atoms with Gasteiger partial charge in [-0.2, -0.15) is 0 Å². The number of rotatable bonds is 9. The van der Waals surface area contributed by atoms with Crippen LogP contribution in [0.2, 0.25) is 0 Å². The lowest BCUT2D eigenvalue weighted by Gasteiger charge is -2.38. The zero-order valence-corrected chi connectivity index (χ0v) is 13.8. The normalized spacial score (nSPS) is 27.5. The number of ether oxygens (including phenoxy) is 1. The standard InChI is InChI=1S/C17H28O5/c1-4-5-6-7-8-9-10-12-17(20-3)13-11-15(21-22-17)14(2)16(18)19/h5-8,14-15H,4,9-13H2,1-3H3,(H,18,19)/b6-5+,8-7+/t14-,15+,17-/m1/s1.